The van der Waals surface area contributed by atoms with Gasteiger partial charge in [0.25, 0.3) is 0 Å². The Morgan fingerprint density at radius 2 is 2.16 bits per heavy atom. The monoisotopic (exact) mass is 344 g/mol. The van der Waals surface area contributed by atoms with Crippen LogP contribution in [-0.4, -0.2) is 23.2 Å². The van der Waals surface area contributed by atoms with E-state index >= 15 is 0 Å². The Kier molecular flexibility index (Phi) is 4.61. The molecule has 1 atom stereocenters. The van der Waals surface area contributed by atoms with Crippen LogP contribution in [0.15, 0.2) is 36.5 Å². The van der Waals surface area contributed by atoms with Gasteiger partial charge >= 0.3 is 6.09 Å². The van der Waals surface area contributed by atoms with Crippen molar-refractivity contribution in [3.63, 3.8) is 0 Å². The van der Waals surface area contributed by atoms with Crippen LogP contribution in [0.5, 0.6) is 11.5 Å². The van der Waals surface area contributed by atoms with Crippen molar-refractivity contribution < 1.29 is 18.7 Å². The number of halogens is 1. The zero-order valence-electron chi connectivity index (χ0n) is 14.5. The van der Waals surface area contributed by atoms with Crippen molar-refractivity contribution >= 4 is 6.09 Å². The van der Waals surface area contributed by atoms with Crippen LogP contribution in [0.3, 0.4) is 0 Å². The third-order valence-corrected chi connectivity index (χ3v) is 3.81. The first kappa shape index (κ1) is 17.2. The molecule has 1 N–H and O–H groups in total. The fourth-order valence-corrected chi connectivity index (χ4v) is 2.77. The molecule has 0 bridgehead atoms. The average molecular weight is 344 g/mol. The lowest BCUT2D eigenvalue weighted by atomic mass is 9.93. The topological polar surface area (TPSA) is 60.5 Å². The molecule has 0 spiro atoms. The van der Waals surface area contributed by atoms with E-state index in [2.05, 4.69) is 10.3 Å². The Morgan fingerprint density at radius 1 is 1.36 bits per heavy atom. The molecular weight excluding hydrogens is 323 g/mol. The highest BCUT2D eigenvalue weighted by molar-refractivity contribution is 5.67. The summed E-state index contributed by atoms with van der Waals surface area (Å²) in [7, 11) is 0. The van der Waals surface area contributed by atoms with Gasteiger partial charge in [0.15, 0.2) is 0 Å². The van der Waals surface area contributed by atoms with E-state index in [1.54, 1.807) is 39.1 Å². The van der Waals surface area contributed by atoms with Crippen LogP contribution < -0.4 is 10.1 Å². The summed E-state index contributed by atoms with van der Waals surface area (Å²) in [4.78, 5) is 16.3. The summed E-state index contributed by atoms with van der Waals surface area (Å²) in [5.41, 5.74) is 0.901. The summed E-state index contributed by atoms with van der Waals surface area (Å²) >= 11 is 0. The van der Waals surface area contributed by atoms with Crippen molar-refractivity contribution in [3.05, 3.63) is 53.6 Å². The number of hydrogen-bond donors (Lipinski definition) is 1. The van der Waals surface area contributed by atoms with Gasteiger partial charge in [-0.1, -0.05) is 0 Å². The number of pyridine rings is 1. The first-order chi connectivity index (χ1) is 11.8. The lowest BCUT2D eigenvalue weighted by Crippen LogP contribution is -2.35. The molecule has 5 nitrogen and oxygen atoms in total. The van der Waals surface area contributed by atoms with Crippen LogP contribution in [-0.2, 0) is 11.2 Å². The van der Waals surface area contributed by atoms with E-state index in [9.17, 15) is 9.18 Å². The van der Waals surface area contributed by atoms with Crippen molar-refractivity contribution in [2.45, 2.75) is 38.7 Å². The van der Waals surface area contributed by atoms with Gasteiger partial charge in [-0.05, 0) is 51.1 Å². The summed E-state index contributed by atoms with van der Waals surface area (Å²) in [6.07, 6.45) is 1.72. The maximum absolute atomic E-state index is 13.8. The fourth-order valence-electron chi connectivity index (χ4n) is 2.77. The standard InChI is InChI=1S/C19H21FN2O3/c1-19(2,3)25-18(23)22-11-12-9-15-17(5-4-8-21-15)24-16-7-6-13(20)10-14(12)16/h4-8,10,12H,9,11H2,1-3H3,(H,22,23)/t12-/m1/s1. The highest BCUT2D eigenvalue weighted by Crippen LogP contribution is 2.38. The number of ether oxygens (including phenoxy) is 2. The first-order valence-corrected chi connectivity index (χ1v) is 8.20. The van der Waals surface area contributed by atoms with E-state index in [0.29, 0.717) is 30.0 Å². The molecule has 3 rings (SSSR count). The van der Waals surface area contributed by atoms with E-state index in [1.807, 2.05) is 6.07 Å². The summed E-state index contributed by atoms with van der Waals surface area (Å²) in [5.74, 6) is 0.706. The van der Waals surface area contributed by atoms with Crippen LogP contribution in [0.2, 0.25) is 0 Å². The normalized spacial score (nSPS) is 16.1. The lowest BCUT2D eigenvalue weighted by Gasteiger charge is -2.22. The third-order valence-electron chi connectivity index (χ3n) is 3.81. The molecule has 2 aromatic rings. The van der Waals surface area contributed by atoms with E-state index in [1.165, 1.54) is 12.1 Å². The minimum atomic E-state index is -0.575. The number of aromatic nitrogens is 1. The van der Waals surface area contributed by atoms with E-state index in [0.717, 1.165) is 5.69 Å². The summed E-state index contributed by atoms with van der Waals surface area (Å²) in [6.45, 7) is 5.70. The minimum absolute atomic E-state index is 0.172. The number of nitrogens with zero attached hydrogens (tertiary/aromatic N) is 1. The predicted molar refractivity (Wildman–Crippen MR) is 91.4 cm³/mol. The van der Waals surface area contributed by atoms with Gasteiger partial charge in [0.05, 0.1) is 5.69 Å². The molecule has 0 saturated heterocycles. The molecule has 1 amide bonds. The van der Waals surface area contributed by atoms with Gasteiger partial charge in [0.2, 0.25) is 0 Å². The Bertz CT molecular complexity index is 786. The summed E-state index contributed by atoms with van der Waals surface area (Å²) < 4.78 is 24.9. The molecule has 2 heterocycles. The third kappa shape index (κ3) is 4.26. The number of hydrogen-bond acceptors (Lipinski definition) is 4. The van der Waals surface area contributed by atoms with Crippen molar-refractivity contribution in [2.24, 2.45) is 0 Å². The molecule has 1 aromatic carbocycles. The molecule has 1 aliphatic rings. The Labute approximate surface area is 146 Å². The second-order valence-electron chi connectivity index (χ2n) is 7.02. The molecule has 132 valence electrons. The quantitative estimate of drug-likeness (QED) is 0.888. The predicted octanol–water partition coefficient (Wildman–Crippen LogP) is 4.18. The van der Waals surface area contributed by atoms with E-state index in [-0.39, 0.29) is 11.7 Å². The van der Waals surface area contributed by atoms with Gasteiger partial charge in [-0.3, -0.25) is 4.98 Å². The average Bonchev–Trinajstić information content (AvgIpc) is 2.67. The summed E-state index contributed by atoms with van der Waals surface area (Å²) in [6, 6.07) is 8.04. The molecule has 6 heteroatoms. The smallest absolute Gasteiger partial charge is 0.407 e. The molecule has 0 fully saturated rings. The van der Waals surface area contributed by atoms with Crippen LogP contribution in [0, 0.1) is 5.82 Å². The number of carbonyl (C=O) groups excluding carboxylic acids is 1. The number of alkyl carbamates (subject to hydrolysis) is 1. The van der Waals surface area contributed by atoms with Crippen LogP contribution >= 0.6 is 0 Å². The number of carbonyl (C=O) groups is 1. The zero-order chi connectivity index (χ0) is 18.0. The first-order valence-electron chi connectivity index (χ1n) is 8.20. The van der Waals surface area contributed by atoms with Crippen LogP contribution in [0.1, 0.15) is 37.9 Å². The maximum atomic E-state index is 13.8. The molecule has 1 aliphatic heterocycles. The largest absolute Gasteiger partial charge is 0.455 e. The number of nitrogens with one attached hydrogen (secondary N) is 1. The SMILES string of the molecule is CC(C)(C)OC(=O)NC[C@H]1Cc2ncccc2Oc2ccc(F)cc21. The fraction of sp³-hybridized carbons (Fsp3) is 0.368. The number of rotatable bonds is 2. The number of benzene rings is 1. The van der Waals surface area contributed by atoms with Crippen molar-refractivity contribution in [1.29, 1.82) is 0 Å². The second-order valence-corrected chi connectivity index (χ2v) is 7.02. The Balaban J connectivity index is 1.84. The van der Waals surface area contributed by atoms with Gasteiger partial charge in [0.1, 0.15) is 22.9 Å². The zero-order valence-corrected chi connectivity index (χ0v) is 14.5. The van der Waals surface area contributed by atoms with Crippen LogP contribution in [0.25, 0.3) is 0 Å². The second kappa shape index (κ2) is 6.70. The lowest BCUT2D eigenvalue weighted by molar-refractivity contribution is 0.0524. The van der Waals surface area contributed by atoms with Crippen LogP contribution in [0.4, 0.5) is 9.18 Å². The van der Waals surface area contributed by atoms with Crippen molar-refractivity contribution in [1.82, 2.24) is 10.3 Å². The number of fused-ring (bicyclic) bond motifs is 2. The minimum Gasteiger partial charge on any atom is -0.455 e. The summed E-state index contributed by atoms with van der Waals surface area (Å²) in [5, 5.41) is 2.76. The highest BCUT2D eigenvalue weighted by Gasteiger charge is 2.26. The molecule has 0 unspecified atom stereocenters. The van der Waals surface area contributed by atoms with Gasteiger partial charge < -0.3 is 14.8 Å². The number of amides is 1. The van der Waals surface area contributed by atoms with Gasteiger partial charge in [-0.2, -0.15) is 0 Å². The van der Waals surface area contributed by atoms with Gasteiger partial charge in [-0.25, -0.2) is 9.18 Å². The van der Waals surface area contributed by atoms with Crippen molar-refractivity contribution in [3.8, 4) is 11.5 Å². The van der Waals surface area contributed by atoms with E-state index < -0.39 is 11.7 Å². The van der Waals surface area contributed by atoms with Gasteiger partial charge in [0, 0.05) is 30.6 Å². The van der Waals surface area contributed by atoms with Crippen molar-refractivity contribution in [2.75, 3.05) is 6.54 Å². The Hall–Kier alpha value is -2.63. The van der Waals surface area contributed by atoms with E-state index in [4.69, 9.17) is 9.47 Å². The molecule has 25 heavy (non-hydrogen) atoms. The molecular formula is C19H21FN2O3. The van der Waals surface area contributed by atoms with Gasteiger partial charge in [-0.15, -0.1) is 0 Å². The Morgan fingerprint density at radius 3 is 2.92 bits per heavy atom. The molecule has 0 saturated carbocycles. The maximum Gasteiger partial charge on any atom is 0.407 e. The molecule has 1 aromatic heterocycles. The highest BCUT2D eigenvalue weighted by atomic mass is 19.1. The molecule has 0 radical (unpaired) electrons. The molecule has 0 aliphatic carbocycles.